The van der Waals surface area contributed by atoms with E-state index in [4.69, 9.17) is 9.84 Å². The lowest BCUT2D eigenvalue weighted by molar-refractivity contribution is -0.142. The fraction of sp³-hybridized carbons (Fsp3) is 0.867. The van der Waals surface area contributed by atoms with Crippen molar-refractivity contribution >= 4 is 11.9 Å². The third-order valence-electron chi connectivity index (χ3n) is 4.97. The molecule has 114 valence electrons. The second kappa shape index (κ2) is 6.12. The average molecular weight is 283 g/mol. The summed E-state index contributed by atoms with van der Waals surface area (Å²) in [4.78, 5) is 23.3. The normalized spacial score (nSPS) is 41.4. The topological polar surface area (TPSA) is 75.6 Å². The van der Waals surface area contributed by atoms with Gasteiger partial charge in [-0.1, -0.05) is 6.92 Å². The smallest absolute Gasteiger partial charge is 0.306 e. The maximum absolute atomic E-state index is 12.4. The zero-order valence-electron chi connectivity index (χ0n) is 12.5. The maximum Gasteiger partial charge on any atom is 0.306 e. The van der Waals surface area contributed by atoms with Gasteiger partial charge in [0, 0.05) is 6.04 Å². The molecule has 1 aliphatic heterocycles. The number of aliphatic carboxylic acids is 1. The van der Waals surface area contributed by atoms with Crippen molar-refractivity contribution in [2.75, 3.05) is 0 Å². The van der Waals surface area contributed by atoms with Gasteiger partial charge in [-0.2, -0.15) is 0 Å². The van der Waals surface area contributed by atoms with Crippen LogP contribution in [-0.4, -0.2) is 35.2 Å². The lowest BCUT2D eigenvalue weighted by atomic mass is 9.84. The molecule has 0 aromatic carbocycles. The highest BCUT2D eigenvalue weighted by Gasteiger charge is 2.42. The number of hydrogen-bond donors (Lipinski definition) is 2. The van der Waals surface area contributed by atoms with Crippen LogP contribution in [0.15, 0.2) is 0 Å². The van der Waals surface area contributed by atoms with Crippen LogP contribution in [0.2, 0.25) is 0 Å². The molecule has 2 aliphatic rings. The Morgan fingerprint density at radius 3 is 2.10 bits per heavy atom. The zero-order valence-corrected chi connectivity index (χ0v) is 12.5. The molecule has 2 fully saturated rings. The van der Waals surface area contributed by atoms with Crippen LogP contribution in [0.5, 0.6) is 0 Å². The molecule has 0 aromatic heterocycles. The molecule has 1 aliphatic carbocycles. The van der Waals surface area contributed by atoms with E-state index in [1.807, 2.05) is 13.8 Å². The minimum absolute atomic E-state index is 0.0460. The van der Waals surface area contributed by atoms with Crippen molar-refractivity contribution in [3.63, 3.8) is 0 Å². The molecule has 0 spiro atoms. The monoisotopic (exact) mass is 283 g/mol. The van der Waals surface area contributed by atoms with Crippen LogP contribution in [0.4, 0.5) is 0 Å². The number of hydrogen-bond acceptors (Lipinski definition) is 3. The number of carbonyl (C=O) groups excluding carboxylic acids is 1. The highest BCUT2D eigenvalue weighted by Crippen LogP contribution is 2.33. The number of carboxylic acids is 1. The SMILES string of the molecule is CC1OC(C)C(C(=O)NC2CCC(C(=O)O)CC2)C1C. The van der Waals surface area contributed by atoms with Gasteiger partial charge in [-0.3, -0.25) is 9.59 Å². The fourth-order valence-electron chi connectivity index (χ4n) is 3.50. The largest absolute Gasteiger partial charge is 0.481 e. The molecular formula is C15H25NO4. The molecule has 5 heteroatoms. The Morgan fingerprint density at radius 1 is 1.05 bits per heavy atom. The molecule has 4 unspecified atom stereocenters. The van der Waals surface area contributed by atoms with Gasteiger partial charge in [0.15, 0.2) is 0 Å². The summed E-state index contributed by atoms with van der Waals surface area (Å²) in [6, 6.07) is 0.119. The Balaban J connectivity index is 1.85. The van der Waals surface area contributed by atoms with Crippen LogP contribution in [0.1, 0.15) is 46.5 Å². The Hall–Kier alpha value is -1.10. The molecule has 2 rings (SSSR count). The number of carbonyl (C=O) groups is 2. The van der Waals surface area contributed by atoms with Gasteiger partial charge in [0.1, 0.15) is 0 Å². The van der Waals surface area contributed by atoms with Gasteiger partial charge >= 0.3 is 5.97 Å². The Morgan fingerprint density at radius 2 is 1.65 bits per heavy atom. The molecule has 0 bridgehead atoms. The molecule has 2 N–H and O–H groups in total. The molecule has 1 saturated carbocycles. The van der Waals surface area contributed by atoms with Crippen molar-refractivity contribution in [1.29, 1.82) is 0 Å². The van der Waals surface area contributed by atoms with Crippen molar-refractivity contribution in [3.05, 3.63) is 0 Å². The van der Waals surface area contributed by atoms with Gasteiger partial charge in [-0.15, -0.1) is 0 Å². The van der Waals surface area contributed by atoms with Gasteiger partial charge < -0.3 is 15.2 Å². The summed E-state index contributed by atoms with van der Waals surface area (Å²) >= 11 is 0. The van der Waals surface area contributed by atoms with Crippen LogP contribution >= 0.6 is 0 Å². The molecule has 1 heterocycles. The van der Waals surface area contributed by atoms with Gasteiger partial charge in [0.05, 0.1) is 24.0 Å². The molecule has 1 amide bonds. The quantitative estimate of drug-likeness (QED) is 0.828. The Kier molecular flexibility index (Phi) is 4.68. The van der Waals surface area contributed by atoms with Crippen molar-refractivity contribution in [2.45, 2.75) is 64.7 Å². The van der Waals surface area contributed by atoms with E-state index in [-0.39, 0.29) is 41.9 Å². The van der Waals surface area contributed by atoms with E-state index >= 15 is 0 Å². The first kappa shape index (κ1) is 15.3. The number of amides is 1. The Labute approximate surface area is 120 Å². The summed E-state index contributed by atoms with van der Waals surface area (Å²) in [7, 11) is 0. The minimum atomic E-state index is -0.713. The van der Waals surface area contributed by atoms with Gasteiger partial charge in [0.25, 0.3) is 0 Å². The van der Waals surface area contributed by atoms with Crippen LogP contribution in [0.25, 0.3) is 0 Å². The summed E-state index contributed by atoms with van der Waals surface area (Å²) in [5.41, 5.74) is 0. The number of carboxylic acid groups (broad SMARTS) is 1. The Bertz CT molecular complexity index is 376. The minimum Gasteiger partial charge on any atom is -0.481 e. The first-order valence-electron chi connectivity index (χ1n) is 7.58. The average Bonchev–Trinajstić information content (AvgIpc) is 2.63. The molecule has 0 aromatic rings. The van der Waals surface area contributed by atoms with E-state index in [1.165, 1.54) is 0 Å². The first-order chi connectivity index (χ1) is 9.40. The van der Waals surface area contributed by atoms with Crippen molar-refractivity contribution in [3.8, 4) is 0 Å². The molecule has 5 nitrogen and oxygen atoms in total. The molecular weight excluding hydrogens is 258 g/mol. The van der Waals surface area contributed by atoms with Crippen LogP contribution in [0.3, 0.4) is 0 Å². The first-order valence-corrected chi connectivity index (χ1v) is 7.58. The predicted octanol–water partition coefficient (Wildman–Crippen LogP) is 1.81. The van der Waals surface area contributed by atoms with E-state index in [0.29, 0.717) is 12.8 Å². The summed E-state index contributed by atoms with van der Waals surface area (Å²) in [6.45, 7) is 6.01. The standard InChI is InChI=1S/C15H25NO4/c1-8-9(2)20-10(3)13(8)14(17)16-12-6-4-11(5-7-12)15(18)19/h8-13H,4-7H2,1-3H3,(H,16,17)(H,18,19). The highest BCUT2D eigenvalue weighted by atomic mass is 16.5. The number of ether oxygens (including phenoxy) is 1. The summed E-state index contributed by atoms with van der Waals surface area (Å²) in [6.07, 6.45) is 2.90. The van der Waals surface area contributed by atoms with Gasteiger partial charge in [-0.05, 0) is 45.4 Å². The third-order valence-corrected chi connectivity index (χ3v) is 4.97. The lowest BCUT2D eigenvalue weighted by Gasteiger charge is -2.29. The van der Waals surface area contributed by atoms with Crippen LogP contribution in [0, 0.1) is 17.8 Å². The van der Waals surface area contributed by atoms with Gasteiger partial charge in [0.2, 0.25) is 5.91 Å². The third kappa shape index (κ3) is 3.14. The van der Waals surface area contributed by atoms with Crippen LogP contribution < -0.4 is 5.32 Å². The number of rotatable bonds is 3. The van der Waals surface area contributed by atoms with Gasteiger partial charge in [-0.25, -0.2) is 0 Å². The zero-order chi connectivity index (χ0) is 14.9. The van der Waals surface area contributed by atoms with Crippen LogP contribution in [-0.2, 0) is 14.3 Å². The number of nitrogens with one attached hydrogen (secondary N) is 1. The van der Waals surface area contributed by atoms with E-state index in [1.54, 1.807) is 0 Å². The van der Waals surface area contributed by atoms with E-state index in [0.717, 1.165) is 12.8 Å². The van der Waals surface area contributed by atoms with Crippen molar-refractivity contribution < 1.29 is 19.4 Å². The molecule has 20 heavy (non-hydrogen) atoms. The maximum atomic E-state index is 12.4. The fourth-order valence-corrected chi connectivity index (χ4v) is 3.50. The summed E-state index contributed by atoms with van der Waals surface area (Å²) < 4.78 is 5.71. The lowest BCUT2D eigenvalue weighted by Crippen LogP contribution is -2.44. The summed E-state index contributed by atoms with van der Waals surface area (Å²) in [5.74, 6) is -0.762. The molecule has 0 radical (unpaired) electrons. The van der Waals surface area contributed by atoms with E-state index in [2.05, 4.69) is 12.2 Å². The second-order valence-corrected chi connectivity index (χ2v) is 6.33. The second-order valence-electron chi connectivity index (χ2n) is 6.33. The highest BCUT2D eigenvalue weighted by molar-refractivity contribution is 5.80. The predicted molar refractivity (Wildman–Crippen MR) is 74.2 cm³/mol. The van der Waals surface area contributed by atoms with Crippen molar-refractivity contribution in [2.24, 2.45) is 17.8 Å². The van der Waals surface area contributed by atoms with Crippen molar-refractivity contribution in [1.82, 2.24) is 5.32 Å². The molecule has 1 saturated heterocycles. The molecule has 4 atom stereocenters. The summed E-state index contributed by atoms with van der Waals surface area (Å²) in [5, 5.41) is 12.1. The van der Waals surface area contributed by atoms with E-state index < -0.39 is 5.97 Å². The van der Waals surface area contributed by atoms with E-state index in [9.17, 15) is 9.59 Å².